The van der Waals surface area contributed by atoms with Gasteiger partial charge in [0.25, 0.3) is 5.91 Å². The summed E-state index contributed by atoms with van der Waals surface area (Å²) in [4.78, 5) is 37.1. The second kappa shape index (κ2) is 7.82. The number of hydrogen-bond acceptors (Lipinski definition) is 5. The fraction of sp³-hybridized carbons (Fsp3) is 0.611. The van der Waals surface area contributed by atoms with Crippen LogP contribution in [0, 0.1) is 0 Å². The van der Waals surface area contributed by atoms with Gasteiger partial charge in [0.1, 0.15) is 5.82 Å². The molecule has 0 aliphatic carbocycles. The number of anilines is 1. The van der Waals surface area contributed by atoms with E-state index in [1.807, 2.05) is 40.9 Å². The van der Waals surface area contributed by atoms with E-state index < -0.39 is 0 Å². The number of pyridine rings is 1. The van der Waals surface area contributed by atoms with Crippen LogP contribution in [0.4, 0.5) is 5.82 Å². The average Bonchev–Trinajstić information content (AvgIpc) is 3.14. The SMILES string of the molecule is CN(C)c1ccc(C(=O)N2CCN(C(=O)CN3CCCC3)CC2)cn1. The molecule has 3 heterocycles. The molecule has 136 valence electrons. The number of carbonyl (C=O) groups is 2. The van der Waals surface area contributed by atoms with E-state index in [2.05, 4.69) is 9.88 Å². The van der Waals surface area contributed by atoms with Crippen LogP contribution in [0.5, 0.6) is 0 Å². The van der Waals surface area contributed by atoms with Gasteiger partial charge in [-0.15, -0.1) is 0 Å². The van der Waals surface area contributed by atoms with Gasteiger partial charge in [-0.25, -0.2) is 4.98 Å². The molecular formula is C18H27N5O2. The minimum Gasteiger partial charge on any atom is -0.363 e. The van der Waals surface area contributed by atoms with E-state index in [9.17, 15) is 9.59 Å². The summed E-state index contributed by atoms with van der Waals surface area (Å²) in [5.74, 6) is 1.00. The molecular weight excluding hydrogens is 318 g/mol. The smallest absolute Gasteiger partial charge is 0.255 e. The van der Waals surface area contributed by atoms with Crippen LogP contribution < -0.4 is 4.90 Å². The lowest BCUT2D eigenvalue weighted by molar-refractivity contribution is -0.133. The minimum absolute atomic E-state index is 0.00977. The molecule has 0 bridgehead atoms. The van der Waals surface area contributed by atoms with Gasteiger partial charge in [-0.1, -0.05) is 0 Å². The number of nitrogens with zero attached hydrogens (tertiary/aromatic N) is 5. The average molecular weight is 345 g/mol. The monoisotopic (exact) mass is 345 g/mol. The fourth-order valence-electron chi connectivity index (χ4n) is 3.35. The predicted octanol–water partition coefficient (Wildman–Crippen LogP) is 0.528. The predicted molar refractivity (Wildman–Crippen MR) is 96.7 cm³/mol. The molecule has 1 aromatic rings. The number of likely N-dealkylation sites (tertiary alicyclic amines) is 1. The van der Waals surface area contributed by atoms with Gasteiger partial charge in [0.15, 0.2) is 0 Å². The Morgan fingerprint density at radius 1 is 1.00 bits per heavy atom. The summed E-state index contributed by atoms with van der Waals surface area (Å²) in [7, 11) is 3.84. The molecule has 0 saturated carbocycles. The summed E-state index contributed by atoms with van der Waals surface area (Å²) < 4.78 is 0. The highest BCUT2D eigenvalue weighted by Crippen LogP contribution is 2.13. The van der Waals surface area contributed by atoms with E-state index in [1.54, 1.807) is 6.20 Å². The van der Waals surface area contributed by atoms with Gasteiger partial charge in [-0.05, 0) is 38.1 Å². The lowest BCUT2D eigenvalue weighted by atomic mass is 10.2. The number of rotatable bonds is 4. The zero-order valence-electron chi connectivity index (χ0n) is 15.1. The summed E-state index contributed by atoms with van der Waals surface area (Å²) in [6.45, 7) is 4.97. The third-order valence-corrected chi connectivity index (χ3v) is 4.93. The van der Waals surface area contributed by atoms with Crippen LogP contribution in [0.3, 0.4) is 0 Å². The first-order chi connectivity index (χ1) is 12.0. The van der Waals surface area contributed by atoms with Crippen LogP contribution >= 0.6 is 0 Å². The Hall–Kier alpha value is -2.15. The van der Waals surface area contributed by atoms with Crippen LogP contribution in [-0.2, 0) is 4.79 Å². The highest BCUT2D eigenvalue weighted by atomic mass is 16.2. The van der Waals surface area contributed by atoms with E-state index in [-0.39, 0.29) is 11.8 Å². The molecule has 0 spiro atoms. The molecule has 1 aromatic heterocycles. The minimum atomic E-state index is -0.00977. The summed E-state index contributed by atoms with van der Waals surface area (Å²) in [5, 5.41) is 0. The molecule has 0 N–H and O–H groups in total. The van der Waals surface area contributed by atoms with Gasteiger partial charge in [0.05, 0.1) is 12.1 Å². The van der Waals surface area contributed by atoms with Crippen molar-refractivity contribution in [3.63, 3.8) is 0 Å². The molecule has 0 radical (unpaired) electrons. The Morgan fingerprint density at radius 3 is 2.20 bits per heavy atom. The van der Waals surface area contributed by atoms with Crippen LogP contribution in [0.25, 0.3) is 0 Å². The molecule has 2 aliphatic heterocycles. The van der Waals surface area contributed by atoms with Crippen molar-refractivity contribution in [1.29, 1.82) is 0 Å². The zero-order chi connectivity index (χ0) is 17.8. The second-order valence-electron chi connectivity index (χ2n) is 6.96. The zero-order valence-corrected chi connectivity index (χ0v) is 15.1. The summed E-state index contributed by atoms with van der Waals surface area (Å²) in [6, 6.07) is 3.67. The van der Waals surface area contributed by atoms with E-state index in [4.69, 9.17) is 0 Å². The first kappa shape index (κ1) is 17.7. The lowest BCUT2D eigenvalue weighted by Gasteiger charge is -2.35. The van der Waals surface area contributed by atoms with Gasteiger partial charge >= 0.3 is 0 Å². The molecule has 0 unspecified atom stereocenters. The number of amides is 2. The van der Waals surface area contributed by atoms with E-state index in [0.29, 0.717) is 38.3 Å². The molecule has 25 heavy (non-hydrogen) atoms. The van der Waals surface area contributed by atoms with Gasteiger partial charge in [0.2, 0.25) is 5.91 Å². The molecule has 2 fully saturated rings. The summed E-state index contributed by atoms with van der Waals surface area (Å²) in [5.41, 5.74) is 0.599. The van der Waals surface area contributed by atoms with E-state index in [1.165, 1.54) is 12.8 Å². The van der Waals surface area contributed by atoms with Crippen molar-refractivity contribution in [2.24, 2.45) is 0 Å². The highest BCUT2D eigenvalue weighted by Gasteiger charge is 2.26. The Morgan fingerprint density at radius 2 is 1.64 bits per heavy atom. The maximum absolute atomic E-state index is 12.6. The normalized spacial score (nSPS) is 18.5. The fourth-order valence-corrected chi connectivity index (χ4v) is 3.35. The van der Waals surface area contributed by atoms with Crippen molar-refractivity contribution < 1.29 is 9.59 Å². The first-order valence-corrected chi connectivity index (χ1v) is 8.97. The van der Waals surface area contributed by atoms with Crippen molar-refractivity contribution in [1.82, 2.24) is 19.7 Å². The molecule has 7 heteroatoms. The molecule has 0 atom stereocenters. The van der Waals surface area contributed by atoms with Crippen molar-refractivity contribution in [2.75, 3.05) is 64.8 Å². The van der Waals surface area contributed by atoms with Gasteiger partial charge < -0.3 is 14.7 Å². The molecule has 3 rings (SSSR count). The van der Waals surface area contributed by atoms with Crippen LogP contribution in [-0.4, -0.2) is 91.4 Å². The molecule has 2 aliphatic rings. The van der Waals surface area contributed by atoms with Crippen molar-refractivity contribution in [3.8, 4) is 0 Å². The Balaban J connectivity index is 1.51. The van der Waals surface area contributed by atoms with Crippen molar-refractivity contribution >= 4 is 17.6 Å². The molecule has 2 saturated heterocycles. The van der Waals surface area contributed by atoms with E-state index in [0.717, 1.165) is 18.9 Å². The topological polar surface area (TPSA) is 60.0 Å². The highest BCUT2D eigenvalue weighted by molar-refractivity contribution is 5.94. The molecule has 0 aromatic carbocycles. The number of piperazine rings is 1. The number of hydrogen-bond donors (Lipinski definition) is 0. The number of carbonyl (C=O) groups excluding carboxylic acids is 2. The van der Waals surface area contributed by atoms with Gasteiger partial charge in [-0.2, -0.15) is 0 Å². The van der Waals surface area contributed by atoms with E-state index >= 15 is 0 Å². The number of aromatic nitrogens is 1. The third kappa shape index (κ3) is 4.28. The maximum atomic E-state index is 12.6. The first-order valence-electron chi connectivity index (χ1n) is 8.97. The Kier molecular flexibility index (Phi) is 5.53. The lowest BCUT2D eigenvalue weighted by Crippen LogP contribution is -2.52. The Labute approximate surface area is 149 Å². The van der Waals surface area contributed by atoms with Crippen LogP contribution in [0.2, 0.25) is 0 Å². The molecule has 7 nitrogen and oxygen atoms in total. The van der Waals surface area contributed by atoms with Crippen LogP contribution in [0.1, 0.15) is 23.2 Å². The summed E-state index contributed by atoms with van der Waals surface area (Å²) >= 11 is 0. The Bertz CT molecular complexity index is 602. The quantitative estimate of drug-likeness (QED) is 0.797. The van der Waals surface area contributed by atoms with Crippen LogP contribution in [0.15, 0.2) is 18.3 Å². The second-order valence-corrected chi connectivity index (χ2v) is 6.96. The maximum Gasteiger partial charge on any atom is 0.255 e. The van der Waals surface area contributed by atoms with Gasteiger partial charge in [0, 0.05) is 46.5 Å². The third-order valence-electron chi connectivity index (χ3n) is 4.93. The standard InChI is InChI=1S/C18H27N5O2/c1-20(2)16-6-5-15(13-19-16)18(25)23-11-9-22(10-12-23)17(24)14-21-7-3-4-8-21/h5-6,13H,3-4,7-12,14H2,1-2H3. The summed E-state index contributed by atoms with van der Waals surface area (Å²) in [6.07, 6.45) is 4.01. The van der Waals surface area contributed by atoms with Crippen molar-refractivity contribution in [3.05, 3.63) is 23.9 Å². The van der Waals surface area contributed by atoms with Gasteiger partial charge in [-0.3, -0.25) is 14.5 Å². The largest absolute Gasteiger partial charge is 0.363 e. The van der Waals surface area contributed by atoms with Crippen molar-refractivity contribution in [2.45, 2.75) is 12.8 Å². The molecule has 2 amide bonds.